The number of H-pyrrole nitrogens is 1. The van der Waals surface area contributed by atoms with Crippen molar-refractivity contribution in [3.8, 4) is 5.69 Å². The third kappa shape index (κ3) is 4.32. The molecule has 1 saturated carbocycles. The Balaban J connectivity index is 1.25. The molecule has 2 amide bonds. The molecule has 5 rings (SSSR count). The molecular formula is C25H22ClN5O3. The van der Waals surface area contributed by atoms with Gasteiger partial charge in [-0.25, -0.2) is 0 Å². The van der Waals surface area contributed by atoms with Crippen molar-refractivity contribution in [1.82, 2.24) is 19.9 Å². The van der Waals surface area contributed by atoms with E-state index in [0.29, 0.717) is 28.4 Å². The molecule has 9 heteroatoms. The van der Waals surface area contributed by atoms with Crippen molar-refractivity contribution in [3.63, 3.8) is 0 Å². The molecule has 0 bridgehead atoms. The lowest BCUT2D eigenvalue weighted by Crippen LogP contribution is -2.41. The molecule has 0 saturated heterocycles. The monoisotopic (exact) mass is 475 g/mol. The number of carbonyl (C=O) groups is 2. The Bertz CT molecular complexity index is 1430. The quantitative estimate of drug-likeness (QED) is 0.406. The molecule has 34 heavy (non-hydrogen) atoms. The summed E-state index contributed by atoms with van der Waals surface area (Å²) in [4.78, 5) is 44.6. The second kappa shape index (κ2) is 9.15. The van der Waals surface area contributed by atoms with Gasteiger partial charge in [0.15, 0.2) is 0 Å². The predicted octanol–water partition coefficient (Wildman–Crippen LogP) is 3.90. The first kappa shape index (κ1) is 21.9. The lowest BCUT2D eigenvalue weighted by atomic mass is 10.0. The highest BCUT2D eigenvalue weighted by Gasteiger charge is 2.34. The van der Waals surface area contributed by atoms with Crippen molar-refractivity contribution in [2.45, 2.75) is 25.3 Å². The SMILES string of the molecule is O=C(N[C@@H]1CCC[C@@H]1C(=O)Nc1ccc(-n2ccncc2=O)cc1)c1ccc2c(Cl)c[nH]c2c1. The van der Waals surface area contributed by atoms with Crippen LogP contribution in [-0.2, 0) is 4.79 Å². The first-order valence-electron chi connectivity index (χ1n) is 11.0. The van der Waals surface area contributed by atoms with Crippen LogP contribution in [0.25, 0.3) is 16.6 Å². The van der Waals surface area contributed by atoms with Crippen molar-refractivity contribution in [2.75, 3.05) is 5.32 Å². The summed E-state index contributed by atoms with van der Waals surface area (Å²) in [5.41, 5.74) is 2.37. The fourth-order valence-electron chi connectivity index (χ4n) is 4.43. The maximum Gasteiger partial charge on any atom is 0.273 e. The van der Waals surface area contributed by atoms with Crippen molar-refractivity contribution >= 4 is 40.0 Å². The molecule has 1 aliphatic carbocycles. The average molecular weight is 476 g/mol. The Labute approximate surface area is 200 Å². The standard InChI is InChI=1S/C25H22ClN5O3/c26-20-13-28-22-12-15(4-9-18(20)22)24(33)30-21-3-1-2-19(21)25(34)29-16-5-7-17(8-6-16)31-11-10-27-14-23(31)32/h4-14,19,21,28H,1-3H2,(H,29,34)(H,30,33)/t19-,21+/m0/s1. The van der Waals surface area contributed by atoms with Crippen LogP contribution < -0.4 is 16.2 Å². The van der Waals surface area contributed by atoms with Crippen LogP contribution in [0.2, 0.25) is 5.02 Å². The first-order valence-corrected chi connectivity index (χ1v) is 11.4. The molecule has 2 heterocycles. The van der Waals surface area contributed by atoms with Crippen LogP contribution >= 0.6 is 11.6 Å². The number of benzene rings is 2. The predicted molar refractivity (Wildman–Crippen MR) is 130 cm³/mol. The zero-order valence-electron chi connectivity index (χ0n) is 18.1. The molecule has 0 radical (unpaired) electrons. The van der Waals surface area contributed by atoms with Gasteiger partial charge in [0.05, 0.1) is 17.1 Å². The van der Waals surface area contributed by atoms with Gasteiger partial charge in [0.2, 0.25) is 5.91 Å². The summed E-state index contributed by atoms with van der Waals surface area (Å²) < 4.78 is 1.47. The van der Waals surface area contributed by atoms with Crippen molar-refractivity contribution in [2.24, 2.45) is 5.92 Å². The Morgan fingerprint density at radius 3 is 2.74 bits per heavy atom. The molecule has 0 spiro atoms. The summed E-state index contributed by atoms with van der Waals surface area (Å²) in [7, 11) is 0. The minimum absolute atomic E-state index is 0.136. The van der Waals surface area contributed by atoms with E-state index in [0.717, 1.165) is 23.7 Å². The Hall–Kier alpha value is -3.91. The van der Waals surface area contributed by atoms with E-state index in [4.69, 9.17) is 11.6 Å². The van der Waals surface area contributed by atoms with Gasteiger partial charge in [-0.1, -0.05) is 24.1 Å². The van der Waals surface area contributed by atoms with Crippen molar-refractivity contribution in [3.05, 3.63) is 88.2 Å². The molecule has 0 aliphatic heterocycles. The van der Waals surface area contributed by atoms with Gasteiger partial charge in [0, 0.05) is 52.5 Å². The Morgan fingerprint density at radius 1 is 1.12 bits per heavy atom. The van der Waals surface area contributed by atoms with Crippen LogP contribution in [-0.4, -0.2) is 32.4 Å². The number of amides is 2. The van der Waals surface area contributed by atoms with E-state index in [2.05, 4.69) is 20.6 Å². The summed E-state index contributed by atoms with van der Waals surface area (Å²) >= 11 is 6.12. The molecule has 2 atom stereocenters. The summed E-state index contributed by atoms with van der Waals surface area (Å²) in [6.45, 7) is 0. The number of fused-ring (bicyclic) bond motifs is 1. The lowest BCUT2D eigenvalue weighted by Gasteiger charge is -2.21. The van der Waals surface area contributed by atoms with E-state index in [1.807, 2.05) is 6.07 Å². The fourth-order valence-corrected chi connectivity index (χ4v) is 4.65. The van der Waals surface area contributed by atoms with Gasteiger partial charge >= 0.3 is 0 Å². The summed E-state index contributed by atoms with van der Waals surface area (Å²) in [5, 5.41) is 7.43. The molecule has 1 fully saturated rings. The van der Waals surface area contributed by atoms with Gasteiger partial charge in [-0.05, 0) is 49.2 Å². The summed E-state index contributed by atoms with van der Waals surface area (Å²) in [5.74, 6) is -0.678. The number of anilines is 1. The van der Waals surface area contributed by atoms with Crippen LogP contribution in [0.1, 0.15) is 29.6 Å². The zero-order chi connectivity index (χ0) is 23.7. The molecule has 2 aromatic carbocycles. The van der Waals surface area contributed by atoms with Crippen LogP contribution in [0, 0.1) is 5.92 Å². The second-order valence-electron chi connectivity index (χ2n) is 8.34. The molecule has 2 aromatic heterocycles. The lowest BCUT2D eigenvalue weighted by molar-refractivity contribution is -0.120. The molecule has 1 aliphatic rings. The fraction of sp³-hybridized carbons (Fsp3) is 0.200. The van der Waals surface area contributed by atoms with E-state index in [-0.39, 0.29) is 29.3 Å². The maximum atomic E-state index is 13.0. The highest BCUT2D eigenvalue weighted by Crippen LogP contribution is 2.28. The first-order chi connectivity index (χ1) is 16.5. The van der Waals surface area contributed by atoms with Crippen LogP contribution in [0.15, 0.2) is 72.0 Å². The minimum atomic E-state index is -0.324. The number of halogens is 1. The number of aromatic amines is 1. The number of nitrogens with one attached hydrogen (secondary N) is 3. The van der Waals surface area contributed by atoms with Gasteiger partial charge in [-0.2, -0.15) is 0 Å². The van der Waals surface area contributed by atoms with E-state index >= 15 is 0 Å². The van der Waals surface area contributed by atoms with Crippen LogP contribution in [0.3, 0.4) is 0 Å². The highest BCUT2D eigenvalue weighted by atomic mass is 35.5. The van der Waals surface area contributed by atoms with Crippen molar-refractivity contribution < 1.29 is 9.59 Å². The van der Waals surface area contributed by atoms with Gasteiger partial charge in [0.25, 0.3) is 11.5 Å². The molecule has 4 aromatic rings. The maximum absolute atomic E-state index is 13.0. The molecule has 172 valence electrons. The number of hydrogen-bond donors (Lipinski definition) is 3. The number of nitrogens with zero attached hydrogens (tertiary/aromatic N) is 2. The van der Waals surface area contributed by atoms with Gasteiger partial charge < -0.3 is 15.6 Å². The largest absolute Gasteiger partial charge is 0.360 e. The van der Waals surface area contributed by atoms with Crippen LogP contribution in [0.5, 0.6) is 0 Å². The topological polar surface area (TPSA) is 109 Å². The summed E-state index contributed by atoms with van der Waals surface area (Å²) in [6, 6.07) is 12.1. The highest BCUT2D eigenvalue weighted by molar-refractivity contribution is 6.35. The van der Waals surface area contributed by atoms with E-state index in [1.54, 1.807) is 48.8 Å². The Kier molecular flexibility index (Phi) is 5.90. The third-order valence-electron chi connectivity index (χ3n) is 6.20. The van der Waals surface area contributed by atoms with Crippen LogP contribution in [0.4, 0.5) is 5.69 Å². The van der Waals surface area contributed by atoms with Crippen molar-refractivity contribution in [1.29, 1.82) is 0 Å². The Morgan fingerprint density at radius 2 is 1.94 bits per heavy atom. The van der Waals surface area contributed by atoms with E-state index in [1.165, 1.54) is 17.0 Å². The number of hydrogen-bond acceptors (Lipinski definition) is 4. The number of rotatable bonds is 5. The van der Waals surface area contributed by atoms with E-state index < -0.39 is 0 Å². The smallest absolute Gasteiger partial charge is 0.273 e. The van der Waals surface area contributed by atoms with Gasteiger partial charge in [0.1, 0.15) is 0 Å². The zero-order valence-corrected chi connectivity index (χ0v) is 18.9. The van der Waals surface area contributed by atoms with Gasteiger partial charge in [-0.3, -0.25) is 23.9 Å². The number of aromatic nitrogens is 3. The molecular weight excluding hydrogens is 454 g/mol. The van der Waals surface area contributed by atoms with Gasteiger partial charge in [-0.15, -0.1) is 0 Å². The summed E-state index contributed by atoms with van der Waals surface area (Å²) in [6.07, 6.45) is 8.36. The molecule has 0 unspecified atom stereocenters. The van der Waals surface area contributed by atoms with E-state index in [9.17, 15) is 14.4 Å². The second-order valence-corrected chi connectivity index (χ2v) is 8.74. The minimum Gasteiger partial charge on any atom is -0.360 e. The molecule has 3 N–H and O–H groups in total. The average Bonchev–Trinajstić information content (AvgIpc) is 3.46. The normalized spacial score (nSPS) is 17.6. The third-order valence-corrected chi connectivity index (χ3v) is 6.51. The number of carbonyl (C=O) groups excluding carboxylic acids is 2. The molecule has 8 nitrogen and oxygen atoms in total.